The Morgan fingerprint density at radius 1 is 1.26 bits per heavy atom. The van der Waals surface area contributed by atoms with Gasteiger partial charge < -0.3 is 15.0 Å². The summed E-state index contributed by atoms with van der Waals surface area (Å²) in [6.45, 7) is 3.53. The average molecular weight is 423 g/mol. The first kappa shape index (κ1) is 21.4. The Labute approximate surface area is 182 Å². The first-order valence-corrected chi connectivity index (χ1v) is 11.3. The number of aromatic nitrogens is 1. The van der Waals surface area contributed by atoms with Crippen molar-refractivity contribution in [3.63, 3.8) is 0 Å². The van der Waals surface area contributed by atoms with Gasteiger partial charge in [-0.1, -0.05) is 13.0 Å². The Hall–Kier alpha value is -2.85. The number of carbonyl (C=O) groups is 2. The number of carboxylic acids is 1. The van der Waals surface area contributed by atoms with E-state index >= 15 is 0 Å². The van der Waals surface area contributed by atoms with E-state index in [-0.39, 0.29) is 24.5 Å². The van der Waals surface area contributed by atoms with Crippen LogP contribution in [0.15, 0.2) is 18.2 Å². The highest BCUT2D eigenvalue weighted by Crippen LogP contribution is 2.29. The minimum absolute atomic E-state index is 0.0610. The fourth-order valence-corrected chi connectivity index (χ4v) is 5.40. The molecule has 2 atom stereocenters. The van der Waals surface area contributed by atoms with Crippen molar-refractivity contribution in [3.8, 4) is 6.07 Å². The van der Waals surface area contributed by atoms with E-state index in [1.165, 1.54) is 16.6 Å². The van der Waals surface area contributed by atoms with Crippen LogP contribution in [-0.2, 0) is 22.4 Å². The maximum absolute atomic E-state index is 13.2. The highest BCUT2D eigenvalue weighted by Gasteiger charge is 2.38. The van der Waals surface area contributed by atoms with Gasteiger partial charge in [0.25, 0.3) is 0 Å². The topological polar surface area (TPSA) is 100 Å². The molecular formula is C24H30N4O3. The Morgan fingerprint density at radius 3 is 2.81 bits per heavy atom. The molecule has 2 aliphatic heterocycles. The summed E-state index contributed by atoms with van der Waals surface area (Å²) in [7, 11) is 0. The number of aryl methyl sites for hydroxylation is 2. The van der Waals surface area contributed by atoms with Crippen molar-refractivity contribution in [3.05, 3.63) is 35.0 Å². The number of rotatable bonds is 7. The maximum atomic E-state index is 13.2. The number of hydrogen-bond donors (Lipinski definition) is 2. The number of carboxylic acid groups (broad SMARTS) is 1. The first-order valence-electron chi connectivity index (χ1n) is 11.3. The lowest BCUT2D eigenvalue weighted by molar-refractivity contribution is -0.141. The second kappa shape index (κ2) is 9.11. The van der Waals surface area contributed by atoms with Crippen molar-refractivity contribution in [2.75, 3.05) is 19.6 Å². The fraction of sp³-hybridized carbons (Fsp3) is 0.542. The molecule has 0 aliphatic carbocycles. The summed E-state index contributed by atoms with van der Waals surface area (Å²) in [5, 5.41) is 19.5. The zero-order valence-corrected chi connectivity index (χ0v) is 18.1. The molecule has 2 N–H and O–H groups in total. The molecule has 7 heteroatoms. The number of carbonyl (C=O) groups excluding carboxylic acids is 1. The Morgan fingerprint density at radius 2 is 2.06 bits per heavy atom. The molecule has 164 valence electrons. The molecule has 3 heterocycles. The van der Waals surface area contributed by atoms with Crippen molar-refractivity contribution in [1.29, 1.82) is 5.26 Å². The largest absolute Gasteiger partial charge is 0.480 e. The Kier molecular flexibility index (Phi) is 6.28. The molecule has 4 rings (SSSR count). The van der Waals surface area contributed by atoms with Crippen molar-refractivity contribution >= 4 is 22.8 Å². The number of nitrogens with zero attached hydrogens (tertiary/aromatic N) is 3. The van der Waals surface area contributed by atoms with Gasteiger partial charge in [0.15, 0.2) is 0 Å². The maximum Gasteiger partial charge on any atom is 0.317 e. The number of H-pyrrole nitrogens is 1. The average Bonchev–Trinajstić information content (AvgIpc) is 3.48. The summed E-state index contributed by atoms with van der Waals surface area (Å²) >= 11 is 0. The Bertz CT molecular complexity index is 1020. The van der Waals surface area contributed by atoms with Crippen molar-refractivity contribution < 1.29 is 14.7 Å². The zero-order valence-electron chi connectivity index (χ0n) is 18.1. The van der Waals surface area contributed by atoms with E-state index in [0.29, 0.717) is 12.1 Å². The number of fused-ring (bicyclic) bond motifs is 1. The van der Waals surface area contributed by atoms with Gasteiger partial charge in [0, 0.05) is 29.2 Å². The number of likely N-dealkylation sites (tertiary alicyclic amines) is 2. The number of nitrogens with one attached hydrogen (secondary N) is 1. The molecule has 2 aromatic rings. The number of aliphatic carboxylic acids is 1. The monoisotopic (exact) mass is 422 g/mol. The number of hydrogen-bond acceptors (Lipinski definition) is 4. The summed E-state index contributed by atoms with van der Waals surface area (Å²) in [6.07, 6.45) is 6.29. The highest BCUT2D eigenvalue weighted by atomic mass is 16.4. The van der Waals surface area contributed by atoms with Crippen LogP contribution >= 0.6 is 0 Å². The lowest BCUT2D eigenvalue weighted by Crippen LogP contribution is -2.48. The third-order valence-electron chi connectivity index (χ3n) is 6.85. The van der Waals surface area contributed by atoms with E-state index in [1.807, 2.05) is 28.0 Å². The van der Waals surface area contributed by atoms with Gasteiger partial charge in [0.1, 0.15) is 0 Å². The molecule has 1 amide bonds. The number of nitriles is 1. The standard InChI is InChI=1S/C24H30N4O3/c1-2-18-19-9-7-16(14-25)13-21(19)26-20(18)10-8-17-5-3-12-28(17)24(31)22-6-4-11-27(22)15-23(29)30/h7,9,13,17,22,26H,2-6,8,10-12,15H2,1H3,(H,29,30)/t17-,22-/m0/s1. The van der Waals surface area contributed by atoms with E-state index in [0.717, 1.165) is 57.0 Å². The van der Waals surface area contributed by atoms with E-state index in [4.69, 9.17) is 5.11 Å². The van der Waals surface area contributed by atoms with Crippen LogP contribution in [0.25, 0.3) is 10.9 Å². The fourth-order valence-electron chi connectivity index (χ4n) is 5.40. The summed E-state index contributed by atoms with van der Waals surface area (Å²) < 4.78 is 0. The predicted molar refractivity (Wildman–Crippen MR) is 118 cm³/mol. The van der Waals surface area contributed by atoms with Crippen LogP contribution < -0.4 is 0 Å². The smallest absolute Gasteiger partial charge is 0.317 e. The predicted octanol–water partition coefficient (Wildman–Crippen LogP) is 3.07. The molecule has 0 radical (unpaired) electrons. The lowest BCUT2D eigenvalue weighted by Gasteiger charge is -2.31. The molecule has 1 aromatic heterocycles. The van der Waals surface area contributed by atoms with Crippen LogP contribution in [0.1, 0.15) is 55.8 Å². The molecule has 31 heavy (non-hydrogen) atoms. The van der Waals surface area contributed by atoms with Crippen molar-refractivity contribution in [2.24, 2.45) is 0 Å². The van der Waals surface area contributed by atoms with Crippen molar-refractivity contribution in [1.82, 2.24) is 14.8 Å². The van der Waals surface area contributed by atoms with Gasteiger partial charge in [-0.3, -0.25) is 14.5 Å². The van der Waals surface area contributed by atoms with Gasteiger partial charge >= 0.3 is 5.97 Å². The Balaban J connectivity index is 1.46. The van der Waals surface area contributed by atoms with E-state index < -0.39 is 5.97 Å². The summed E-state index contributed by atoms with van der Waals surface area (Å²) in [5.41, 5.74) is 4.14. The van der Waals surface area contributed by atoms with Gasteiger partial charge in [-0.15, -0.1) is 0 Å². The summed E-state index contributed by atoms with van der Waals surface area (Å²) in [6, 6.07) is 7.89. The van der Waals surface area contributed by atoms with Crippen molar-refractivity contribution in [2.45, 2.75) is 64.0 Å². The van der Waals surface area contributed by atoms with Crippen LogP contribution in [0.5, 0.6) is 0 Å². The second-order valence-corrected chi connectivity index (χ2v) is 8.70. The molecule has 2 fully saturated rings. The van der Waals surface area contributed by atoms with E-state index in [2.05, 4.69) is 18.0 Å². The second-order valence-electron chi connectivity index (χ2n) is 8.70. The molecule has 0 unspecified atom stereocenters. The zero-order chi connectivity index (χ0) is 22.0. The number of amides is 1. The molecule has 1 aromatic carbocycles. The van der Waals surface area contributed by atoms with Crippen LogP contribution in [0.2, 0.25) is 0 Å². The van der Waals surface area contributed by atoms with E-state index in [9.17, 15) is 14.9 Å². The summed E-state index contributed by atoms with van der Waals surface area (Å²) in [5.74, 6) is -0.768. The third-order valence-corrected chi connectivity index (χ3v) is 6.85. The lowest BCUT2D eigenvalue weighted by atomic mass is 10.0. The number of aromatic amines is 1. The summed E-state index contributed by atoms with van der Waals surface area (Å²) in [4.78, 5) is 31.7. The van der Waals surface area contributed by atoms with E-state index in [1.54, 1.807) is 0 Å². The molecular weight excluding hydrogens is 392 g/mol. The minimum Gasteiger partial charge on any atom is -0.480 e. The normalized spacial score (nSPS) is 21.6. The third kappa shape index (κ3) is 4.31. The molecule has 0 bridgehead atoms. The quantitative estimate of drug-likeness (QED) is 0.714. The molecule has 0 saturated carbocycles. The van der Waals surface area contributed by atoms with Crippen LogP contribution in [0, 0.1) is 11.3 Å². The van der Waals surface area contributed by atoms with Crippen LogP contribution in [0.3, 0.4) is 0 Å². The highest BCUT2D eigenvalue weighted by molar-refractivity contribution is 5.86. The van der Waals surface area contributed by atoms with Gasteiger partial charge in [0.2, 0.25) is 5.91 Å². The SMILES string of the molecule is CCc1c(CC[C@@H]2CCCN2C(=O)[C@@H]2CCCN2CC(=O)O)[nH]c2cc(C#N)ccc12. The van der Waals surface area contributed by atoms with Crippen LogP contribution in [0.4, 0.5) is 0 Å². The van der Waals surface area contributed by atoms with Gasteiger partial charge in [-0.25, -0.2) is 0 Å². The molecule has 2 saturated heterocycles. The molecule has 2 aliphatic rings. The van der Waals surface area contributed by atoms with Gasteiger partial charge in [-0.2, -0.15) is 5.26 Å². The van der Waals surface area contributed by atoms with Gasteiger partial charge in [-0.05, 0) is 69.2 Å². The minimum atomic E-state index is -0.872. The first-order chi connectivity index (χ1) is 15.0. The van der Waals surface area contributed by atoms with Gasteiger partial charge in [0.05, 0.1) is 24.2 Å². The number of benzene rings is 1. The molecule has 7 nitrogen and oxygen atoms in total. The van der Waals surface area contributed by atoms with Crippen LogP contribution in [-0.4, -0.2) is 63.5 Å². The molecule has 0 spiro atoms.